The Hall–Kier alpha value is -1.59. The van der Waals surface area contributed by atoms with Crippen LogP contribution in [0.5, 0.6) is 0 Å². The Morgan fingerprint density at radius 2 is 1.83 bits per heavy atom. The number of primary amides is 1. The molecule has 0 spiro atoms. The van der Waals surface area contributed by atoms with Crippen LogP contribution >= 0.6 is 0 Å². The van der Waals surface area contributed by atoms with Gasteiger partial charge in [0, 0.05) is 0 Å². The van der Waals surface area contributed by atoms with Crippen LogP contribution in [-0.2, 0) is 14.3 Å². The van der Waals surface area contributed by atoms with Crippen molar-refractivity contribution in [3.63, 3.8) is 0 Å². The summed E-state index contributed by atoms with van der Waals surface area (Å²) in [5.41, 5.74) is 5.07. The van der Waals surface area contributed by atoms with Crippen LogP contribution in [0.2, 0.25) is 0 Å². The molecular weight excluding hydrogens is 236 g/mol. The van der Waals surface area contributed by atoms with E-state index in [1.54, 1.807) is 6.92 Å². The van der Waals surface area contributed by atoms with Gasteiger partial charge in [-0.3, -0.25) is 9.59 Å². The molecule has 0 heterocycles. The topological polar surface area (TPSA) is 98.5 Å². The Morgan fingerprint density at radius 3 is 2.17 bits per heavy atom. The normalized spacial score (nSPS) is 13.8. The van der Waals surface area contributed by atoms with Crippen molar-refractivity contribution in [3.8, 4) is 0 Å². The number of rotatable bonds is 7. The number of urea groups is 1. The van der Waals surface area contributed by atoms with E-state index < -0.39 is 24.0 Å². The summed E-state index contributed by atoms with van der Waals surface area (Å²) in [7, 11) is 0. The first-order valence-corrected chi connectivity index (χ1v) is 6.02. The van der Waals surface area contributed by atoms with Gasteiger partial charge in [0.15, 0.2) is 0 Å². The van der Waals surface area contributed by atoms with Crippen molar-refractivity contribution < 1.29 is 19.1 Å². The van der Waals surface area contributed by atoms with E-state index in [-0.39, 0.29) is 18.3 Å². The first kappa shape index (κ1) is 16.4. The largest absolute Gasteiger partial charge is 0.465 e. The molecule has 6 nitrogen and oxygen atoms in total. The molecule has 3 N–H and O–H groups in total. The monoisotopic (exact) mass is 258 g/mol. The fourth-order valence-corrected chi connectivity index (χ4v) is 1.81. The number of ketones is 1. The molecule has 0 aromatic heterocycles. The second kappa shape index (κ2) is 7.68. The van der Waals surface area contributed by atoms with E-state index in [4.69, 9.17) is 10.5 Å². The van der Waals surface area contributed by atoms with Gasteiger partial charge in [0.25, 0.3) is 0 Å². The van der Waals surface area contributed by atoms with Crippen molar-refractivity contribution in [2.75, 3.05) is 6.61 Å². The van der Waals surface area contributed by atoms with Gasteiger partial charge in [0.1, 0.15) is 11.7 Å². The SMILES string of the molecule is CCOC(=O)C(C(C)=O)C(CC(C)C)NC(N)=O. The van der Waals surface area contributed by atoms with Crippen LogP contribution in [0, 0.1) is 11.8 Å². The summed E-state index contributed by atoms with van der Waals surface area (Å²) >= 11 is 0. The Kier molecular flexibility index (Phi) is 7.00. The predicted octanol–water partition coefficient (Wildman–Crippen LogP) is 0.838. The molecule has 0 aromatic rings. The zero-order valence-electron chi connectivity index (χ0n) is 11.4. The van der Waals surface area contributed by atoms with E-state index in [1.807, 2.05) is 13.8 Å². The first-order valence-electron chi connectivity index (χ1n) is 6.02. The minimum absolute atomic E-state index is 0.188. The lowest BCUT2D eigenvalue weighted by atomic mass is 9.89. The van der Waals surface area contributed by atoms with Crippen molar-refractivity contribution >= 4 is 17.8 Å². The Bertz CT molecular complexity index is 315. The summed E-state index contributed by atoms with van der Waals surface area (Å²) in [5.74, 6) is -1.75. The van der Waals surface area contributed by atoms with E-state index >= 15 is 0 Å². The number of Topliss-reactive ketones (excluding diaryl/α,β-unsaturated/α-hetero) is 1. The summed E-state index contributed by atoms with van der Waals surface area (Å²) < 4.78 is 4.86. The lowest BCUT2D eigenvalue weighted by Gasteiger charge is -2.25. The zero-order chi connectivity index (χ0) is 14.3. The van der Waals surface area contributed by atoms with E-state index in [0.717, 1.165) is 0 Å². The van der Waals surface area contributed by atoms with Crippen LogP contribution in [0.1, 0.15) is 34.1 Å². The summed E-state index contributed by atoms with van der Waals surface area (Å²) in [5, 5.41) is 2.45. The summed E-state index contributed by atoms with van der Waals surface area (Å²) in [6.45, 7) is 7.01. The fraction of sp³-hybridized carbons (Fsp3) is 0.750. The molecule has 0 saturated carbocycles. The van der Waals surface area contributed by atoms with Gasteiger partial charge in [-0.2, -0.15) is 0 Å². The van der Waals surface area contributed by atoms with Crippen LogP contribution < -0.4 is 11.1 Å². The van der Waals surface area contributed by atoms with Gasteiger partial charge in [0.2, 0.25) is 0 Å². The predicted molar refractivity (Wildman–Crippen MR) is 66.8 cm³/mol. The minimum atomic E-state index is -1.00. The third kappa shape index (κ3) is 5.65. The molecule has 0 rings (SSSR count). The molecule has 0 aliphatic rings. The number of ether oxygens (including phenoxy) is 1. The third-order valence-electron chi connectivity index (χ3n) is 2.43. The lowest BCUT2D eigenvalue weighted by Crippen LogP contribution is -2.49. The van der Waals surface area contributed by atoms with Gasteiger partial charge in [-0.25, -0.2) is 4.79 Å². The van der Waals surface area contributed by atoms with Gasteiger partial charge in [-0.05, 0) is 26.2 Å². The third-order valence-corrected chi connectivity index (χ3v) is 2.43. The molecule has 0 saturated heterocycles. The average Bonchev–Trinajstić information content (AvgIpc) is 2.14. The molecule has 0 aromatic carbocycles. The Morgan fingerprint density at radius 1 is 1.28 bits per heavy atom. The molecule has 0 aliphatic carbocycles. The molecule has 0 radical (unpaired) electrons. The average molecular weight is 258 g/mol. The van der Waals surface area contributed by atoms with Crippen LogP contribution in [0.3, 0.4) is 0 Å². The highest BCUT2D eigenvalue weighted by atomic mass is 16.5. The maximum Gasteiger partial charge on any atom is 0.318 e. The summed E-state index contributed by atoms with van der Waals surface area (Å²) in [6, 6.07) is -1.38. The molecule has 6 heteroatoms. The first-order chi connectivity index (χ1) is 8.29. The lowest BCUT2D eigenvalue weighted by molar-refractivity contribution is -0.152. The number of hydrogen-bond acceptors (Lipinski definition) is 4. The second-order valence-corrected chi connectivity index (χ2v) is 4.59. The number of hydrogen-bond donors (Lipinski definition) is 2. The van der Waals surface area contributed by atoms with Gasteiger partial charge in [-0.1, -0.05) is 13.8 Å². The van der Waals surface area contributed by atoms with Crippen molar-refractivity contribution in [1.29, 1.82) is 0 Å². The minimum Gasteiger partial charge on any atom is -0.465 e. The maximum atomic E-state index is 11.8. The van der Waals surface area contributed by atoms with Gasteiger partial charge in [0.05, 0.1) is 12.6 Å². The van der Waals surface area contributed by atoms with Crippen molar-refractivity contribution in [2.24, 2.45) is 17.6 Å². The van der Waals surface area contributed by atoms with E-state index in [0.29, 0.717) is 6.42 Å². The molecule has 104 valence electrons. The number of nitrogens with two attached hydrogens (primary N) is 1. The van der Waals surface area contributed by atoms with Crippen molar-refractivity contribution in [2.45, 2.75) is 40.2 Å². The highest BCUT2D eigenvalue weighted by Crippen LogP contribution is 2.16. The van der Waals surface area contributed by atoms with Crippen LogP contribution in [0.4, 0.5) is 4.79 Å². The number of carbonyl (C=O) groups excluding carboxylic acids is 3. The highest BCUT2D eigenvalue weighted by Gasteiger charge is 2.34. The standard InChI is InChI=1S/C12H22N2O4/c1-5-18-11(16)10(8(4)15)9(6-7(2)3)14-12(13)17/h7,9-10H,5-6H2,1-4H3,(H3,13,14,17). The molecule has 0 aliphatic heterocycles. The van der Waals surface area contributed by atoms with E-state index in [9.17, 15) is 14.4 Å². The van der Waals surface area contributed by atoms with Crippen LogP contribution in [-0.4, -0.2) is 30.4 Å². The van der Waals surface area contributed by atoms with Crippen molar-refractivity contribution in [1.82, 2.24) is 5.32 Å². The quantitative estimate of drug-likeness (QED) is 0.522. The van der Waals surface area contributed by atoms with Crippen LogP contribution in [0.15, 0.2) is 0 Å². The van der Waals surface area contributed by atoms with Gasteiger partial charge < -0.3 is 15.8 Å². The van der Waals surface area contributed by atoms with E-state index in [1.165, 1.54) is 6.92 Å². The summed E-state index contributed by atoms with van der Waals surface area (Å²) in [6.07, 6.45) is 0.478. The highest BCUT2D eigenvalue weighted by molar-refractivity contribution is 5.99. The van der Waals surface area contributed by atoms with E-state index in [2.05, 4.69) is 5.32 Å². The van der Waals surface area contributed by atoms with Crippen LogP contribution in [0.25, 0.3) is 0 Å². The molecule has 2 unspecified atom stereocenters. The molecular formula is C12H22N2O4. The fourth-order valence-electron chi connectivity index (χ4n) is 1.81. The van der Waals surface area contributed by atoms with Gasteiger partial charge in [-0.15, -0.1) is 0 Å². The maximum absolute atomic E-state index is 11.8. The van der Waals surface area contributed by atoms with Gasteiger partial charge >= 0.3 is 12.0 Å². The molecule has 2 amide bonds. The number of amides is 2. The molecule has 18 heavy (non-hydrogen) atoms. The Labute approximate surface area is 107 Å². The molecule has 0 fully saturated rings. The molecule has 2 atom stereocenters. The zero-order valence-corrected chi connectivity index (χ0v) is 11.4. The number of carbonyl (C=O) groups is 3. The number of nitrogens with one attached hydrogen (secondary N) is 1. The second-order valence-electron chi connectivity index (χ2n) is 4.59. The summed E-state index contributed by atoms with van der Waals surface area (Å²) in [4.78, 5) is 34.3. The van der Waals surface area contributed by atoms with Crippen molar-refractivity contribution in [3.05, 3.63) is 0 Å². The molecule has 0 bridgehead atoms. The Balaban J connectivity index is 5.01. The number of esters is 1. The smallest absolute Gasteiger partial charge is 0.318 e.